The standard InChI is InChI=1S/C12H13NO/c1-14-12-7-10-9(8-5-6-8)3-2-4-11(10)13-12/h2-4,7-8,13H,5-6H2,1H3. The summed E-state index contributed by atoms with van der Waals surface area (Å²) in [6, 6.07) is 8.55. The Morgan fingerprint density at radius 2 is 2.21 bits per heavy atom. The summed E-state index contributed by atoms with van der Waals surface area (Å²) in [6.07, 6.45) is 2.68. The molecule has 3 rings (SSSR count). The zero-order valence-electron chi connectivity index (χ0n) is 8.21. The van der Waals surface area contributed by atoms with Gasteiger partial charge in [0.15, 0.2) is 5.88 Å². The molecule has 2 heteroatoms. The van der Waals surface area contributed by atoms with E-state index in [-0.39, 0.29) is 0 Å². The molecule has 0 saturated heterocycles. The SMILES string of the molecule is COc1cc2c(C3CC3)cccc2[nH]1. The van der Waals surface area contributed by atoms with Crippen LogP contribution in [-0.2, 0) is 0 Å². The minimum absolute atomic E-state index is 0.791. The molecule has 14 heavy (non-hydrogen) atoms. The van der Waals surface area contributed by atoms with Crippen molar-refractivity contribution in [2.24, 2.45) is 0 Å². The van der Waals surface area contributed by atoms with Crippen molar-refractivity contribution in [1.82, 2.24) is 4.98 Å². The molecule has 1 aromatic heterocycles. The number of aromatic amines is 1. The van der Waals surface area contributed by atoms with E-state index in [1.807, 2.05) is 0 Å². The third-order valence-electron chi connectivity index (χ3n) is 2.91. The Morgan fingerprint density at radius 3 is 2.93 bits per heavy atom. The highest BCUT2D eigenvalue weighted by atomic mass is 16.5. The van der Waals surface area contributed by atoms with Crippen molar-refractivity contribution in [1.29, 1.82) is 0 Å². The highest BCUT2D eigenvalue weighted by Gasteiger charge is 2.25. The van der Waals surface area contributed by atoms with Gasteiger partial charge in [-0.05, 0) is 30.4 Å². The summed E-state index contributed by atoms with van der Waals surface area (Å²) < 4.78 is 5.20. The van der Waals surface area contributed by atoms with Crippen molar-refractivity contribution in [3.05, 3.63) is 29.8 Å². The van der Waals surface area contributed by atoms with E-state index in [1.54, 1.807) is 7.11 Å². The number of hydrogen-bond donors (Lipinski definition) is 1. The monoisotopic (exact) mass is 187 g/mol. The number of fused-ring (bicyclic) bond motifs is 1. The molecule has 0 radical (unpaired) electrons. The minimum Gasteiger partial charge on any atom is -0.482 e. The Bertz CT molecular complexity index is 468. The fourth-order valence-electron chi connectivity index (χ4n) is 2.01. The lowest BCUT2D eigenvalue weighted by molar-refractivity contribution is 0.401. The van der Waals surface area contributed by atoms with Gasteiger partial charge in [-0.2, -0.15) is 0 Å². The van der Waals surface area contributed by atoms with Crippen LogP contribution < -0.4 is 4.74 Å². The van der Waals surface area contributed by atoms with Gasteiger partial charge in [-0.25, -0.2) is 0 Å². The molecule has 2 aromatic rings. The van der Waals surface area contributed by atoms with Crippen molar-refractivity contribution >= 4 is 10.9 Å². The fraction of sp³-hybridized carbons (Fsp3) is 0.333. The topological polar surface area (TPSA) is 25.0 Å². The van der Waals surface area contributed by atoms with Gasteiger partial charge in [0, 0.05) is 17.0 Å². The summed E-state index contributed by atoms with van der Waals surface area (Å²) in [5, 5.41) is 1.33. The van der Waals surface area contributed by atoms with Gasteiger partial charge in [0.25, 0.3) is 0 Å². The zero-order chi connectivity index (χ0) is 9.54. The first kappa shape index (κ1) is 7.92. The highest BCUT2D eigenvalue weighted by molar-refractivity contribution is 5.85. The number of rotatable bonds is 2. The maximum absolute atomic E-state index is 5.20. The minimum atomic E-state index is 0.791. The molecule has 2 nitrogen and oxygen atoms in total. The van der Waals surface area contributed by atoms with Crippen molar-refractivity contribution in [2.45, 2.75) is 18.8 Å². The zero-order valence-corrected chi connectivity index (χ0v) is 8.21. The van der Waals surface area contributed by atoms with Gasteiger partial charge >= 0.3 is 0 Å². The van der Waals surface area contributed by atoms with Crippen LogP contribution in [0, 0.1) is 0 Å². The van der Waals surface area contributed by atoms with Crippen LogP contribution in [0.4, 0.5) is 0 Å². The number of ether oxygens (including phenoxy) is 1. The van der Waals surface area contributed by atoms with E-state index in [0.29, 0.717) is 0 Å². The van der Waals surface area contributed by atoms with Crippen molar-refractivity contribution < 1.29 is 4.74 Å². The van der Waals surface area contributed by atoms with Crippen LogP contribution in [0.25, 0.3) is 10.9 Å². The summed E-state index contributed by atoms with van der Waals surface area (Å²) in [4.78, 5) is 3.25. The summed E-state index contributed by atoms with van der Waals surface area (Å²) in [7, 11) is 1.70. The summed E-state index contributed by atoms with van der Waals surface area (Å²) in [5.41, 5.74) is 2.66. The molecule has 0 amide bonds. The van der Waals surface area contributed by atoms with Crippen LogP contribution in [-0.4, -0.2) is 12.1 Å². The van der Waals surface area contributed by atoms with E-state index in [9.17, 15) is 0 Å². The van der Waals surface area contributed by atoms with Crippen LogP contribution in [0.2, 0.25) is 0 Å². The molecule has 1 aliphatic rings. The van der Waals surface area contributed by atoms with Gasteiger partial charge in [0.2, 0.25) is 0 Å². The fourth-order valence-corrected chi connectivity index (χ4v) is 2.01. The van der Waals surface area contributed by atoms with Crippen molar-refractivity contribution in [2.75, 3.05) is 7.11 Å². The van der Waals surface area contributed by atoms with E-state index in [0.717, 1.165) is 11.8 Å². The average molecular weight is 187 g/mol. The number of hydrogen-bond acceptors (Lipinski definition) is 1. The second-order valence-corrected chi connectivity index (χ2v) is 3.92. The molecule has 72 valence electrons. The van der Waals surface area contributed by atoms with Gasteiger partial charge in [0.1, 0.15) is 0 Å². The molecular formula is C12H13NO. The second kappa shape index (κ2) is 2.77. The van der Waals surface area contributed by atoms with Crippen molar-refractivity contribution in [3.8, 4) is 5.88 Å². The Hall–Kier alpha value is -1.44. The van der Waals surface area contributed by atoms with E-state index in [4.69, 9.17) is 4.74 Å². The van der Waals surface area contributed by atoms with Gasteiger partial charge in [-0.15, -0.1) is 0 Å². The molecule has 1 aromatic carbocycles. The third-order valence-corrected chi connectivity index (χ3v) is 2.91. The predicted molar refractivity (Wildman–Crippen MR) is 56.8 cm³/mol. The molecule has 0 spiro atoms. The molecule has 1 N–H and O–H groups in total. The normalized spacial score (nSPS) is 16.1. The molecule has 1 heterocycles. The summed E-state index contributed by atoms with van der Waals surface area (Å²) >= 11 is 0. The number of H-pyrrole nitrogens is 1. The summed E-state index contributed by atoms with van der Waals surface area (Å²) in [5.74, 6) is 1.65. The molecular weight excluding hydrogens is 174 g/mol. The average Bonchev–Trinajstić information content (AvgIpc) is 2.96. The molecule has 1 saturated carbocycles. The number of nitrogens with one attached hydrogen (secondary N) is 1. The first-order chi connectivity index (χ1) is 6.88. The Kier molecular flexibility index (Phi) is 1.57. The molecule has 1 fully saturated rings. The van der Waals surface area contributed by atoms with Gasteiger partial charge in [0.05, 0.1) is 7.11 Å². The Balaban J connectivity index is 2.23. The maximum Gasteiger partial charge on any atom is 0.191 e. The first-order valence-corrected chi connectivity index (χ1v) is 5.04. The highest BCUT2D eigenvalue weighted by Crippen LogP contribution is 2.43. The molecule has 0 atom stereocenters. The lowest BCUT2D eigenvalue weighted by Gasteiger charge is -1.98. The van der Waals surface area contributed by atoms with Gasteiger partial charge < -0.3 is 9.72 Å². The number of aromatic nitrogens is 1. The molecule has 0 bridgehead atoms. The molecule has 0 unspecified atom stereocenters. The van der Waals surface area contributed by atoms with Crippen LogP contribution in [0.15, 0.2) is 24.3 Å². The van der Waals surface area contributed by atoms with E-state index in [2.05, 4.69) is 29.2 Å². The van der Waals surface area contributed by atoms with E-state index >= 15 is 0 Å². The van der Waals surface area contributed by atoms with E-state index in [1.165, 1.54) is 29.3 Å². The second-order valence-electron chi connectivity index (χ2n) is 3.92. The van der Waals surface area contributed by atoms with Crippen LogP contribution in [0.5, 0.6) is 5.88 Å². The van der Waals surface area contributed by atoms with E-state index < -0.39 is 0 Å². The lowest BCUT2D eigenvalue weighted by atomic mass is 10.1. The van der Waals surface area contributed by atoms with Crippen LogP contribution >= 0.6 is 0 Å². The molecule has 0 aliphatic heterocycles. The smallest absolute Gasteiger partial charge is 0.191 e. The van der Waals surface area contributed by atoms with Crippen molar-refractivity contribution in [3.63, 3.8) is 0 Å². The Labute approximate surface area is 82.9 Å². The molecule has 1 aliphatic carbocycles. The van der Waals surface area contributed by atoms with Gasteiger partial charge in [-0.3, -0.25) is 0 Å². The van der Waals surface area contributed by atoms with Crippen LogP contribution in [0.1, 0.15) is 24.3 Å². The van der Waals surface area contributed by atoms with Gasteiger partial charge in [-0.1, -0.05) is 12.1 Å². The lowest BCUT2D eigenvalue weighted by Crippen LogP contribution is -1.79. The number of methoxy groups -OCH3 is 1. The largest absolute Gasteiger partial charge is 0.482 e. The maximum atomic E-state index is 5.20. The third kappa shape index (κ3) is 1.10. The summed E-state index contributed by atoms with van der Waals surface area (Å²) in [6.45, 7) is 0. The predicted octanol–water partition coefficient (Wildman–Crippen LogP) is 3.05. The Morgan fingerprint density at radius 1 is 1.36 bits per heavy atom. The van der Waals surface area contributed by atoms with Crippen LogP contribution in [0.3, 0.4) is 0 Å². The first-order valence-electron chi connectivity index (χ1n) is 5.04. The quantitative estimate of drug-likeness (QED) is 0.768. The number of benzene rings is 1.